The third-order valence-electron chi connectivity index (χ3n) is 4.47. The summed E-state index contributed by atoms with van der Waals surface area (Å²) in [5.74, 6) is 2.51. The third kappa shape index (κ3) is 6.61. The molecule has 28 heavy (non-hydrogen) atoms. The van der Waals surface area contributed by atoms with Crippen LogP contribution in [0.25, 0.3) is 0 Å². The van der Waals surface area contributed by atoms with Gasteiger partial charge in [-0.25, -0.2) is 0 Å². The van der Waals surface area contributed by atoms with Gasteiger partial charge in [0.05, 0.1) is 6.10 Å². The minimum absolute atomic E-state index is 0.126. The number of ether oxygens (including phenoxy) is 3. The Hall–Kier alpha value is -2.46. The van der Waals surface area contributed by atoms with Gasteiger partial charge < -0.3 is 19.5 Å². The van der Waals surface area contributed by atoms with Crippen LogP contribution >= 0.6 is 0 Å². The molecule has 0 saturated carbocycles. The Morgan fingerprint density at radius 2 is 1.93 bits per heavy atom. The molecule has 0 aromatic heterocycles. The van der Waals surface area contributed by atoms with Gasteiger partial charge in [0.1, 0.15) is 18.5 Å². The molecule has 0 amide bonds. The van der Waals surface area contributed by atoms with Crippen LogP contribution in [0.5, 0.6) is 17.2 Å². The summed E-state index contributed by atoms with van der Waals surface area (Å²) < 4.78 is 17.7. The lowest BCUT2D eigenvalue weighted by Crippen LogP contribution is -2.21. The number of para-hydroxylation sites is 2. The minimum atomic E-state index is 0.126. The van der Waals surface area contributed by atoms with Gasteiger partial charge in [-0.2, -0.15) is 0 Å². The topological polar surface area (TPSA) is 39.7 Å². The Balaban J connectivity index is 1.41. The largest absolute Gasteiger partial charge is 0.488 e. The number of benzene rings is 2. The van der Waals surface area contributed by atoms with Crippen molar-refractivity contribution in [3.63, 3.8) is 0 Å². The molecule has 1 aliphatic carbocycles. The van der Waals surface area contributed by atoms with Crippen molar-refractivity contribution in [3.05, 3.63) is 66.2 Å². The molecule has 0 aliphatic heterocycles. The molecule has 0 fully saturated rings. The molecule has 150 valence electrons. The average molecular weight is 382 g/mol. The summed E-state index contributed by atoms with van der Waals surface area (Å²) in [7, 11) is 0. The van der Waals surface area contributed by atoms with Gasteiger partial charge in [0.15, 0.2) is 11.5 Å². The second kappa shape index (κ2) is 10.8. The fourth-order valence-electron chi connectivity index (χ4n) is 3.17. The Morgan fingerprint density at radius 3 is 2.71 bits per heavy atom. The summed E-state index contributed by atoms with van der Waals surface area (Å²) >= 11 is 0. The van der Waals surface area contributed by atoms with E-state index in [1.807, 2.05) is 44.2 Å². The maximum atomic E-state index is 6.07. The molecule has 0 heterocycles. The zero-order chi connectivity index (χ0) is 19.6. The molecule has 0 radical (unpaired) electrons. The van der Waals surface area contributed by atoms with E-state index in [1.165, 1.54) is 18.4 Å². The number of rotatable bonds is 10. The van der Waals surface area contributed by atoms with Crippen LogP contribution in [0.3, 0.4) is 0 Å². The number of hydrogen-bond acceptors (Lipinski definition) is 4. The lowest BCUT2D eigenvalue weighted by atomic mass is 10.1. The second-order valence-corrected chi connectivity index (χ2v) is 7.30. The molecule has 0 saturated heterocycles. The summed E-state index contributed by atoms with van der Waals surface area (Å²) in [5.41, 5.74) is 1.21. The van der Waals surface area contributed by atoms with E-state index in [-0.39, 0.29) is 12.2 Å². The van der Waals surface area contributed by atoms with E-state index in [0.29, 0.717) is 6.61 Å². The molecule has 4 heteroatoms. The smallest absolute Gasteiger partial charge is 0.161 e. The summed E-state index contributed by atoms with van der Waals surface area (Å²) in [6.07, 6.45) is 8.18. The van der Waals surface area contributed by atoms with Crippen molar-refractivity contribution in [1.82, 2.24) is 5.32 Å². The van der Waals surface area contributed by atoms with E-state index < -0.39 is 0 Å². The molecule has 0 bridgehead atoms. The van der Waals surface area contributed by atoms with Gasteiger partial charge in [-0.05, 0) is 69.0 Å². The first-order valence-electron chi connectivity index (χ1n) is 10.2. The molecule has 1 unspecified atom stereocenters. The Bertz CT molecular complexity index is 757. The van der Waals surface area contributed by atoms with Gasteiger partial charge in [-0.15, -0.1) is 0 Å². The highest BCUT2D eigenvalue weighted by Gasteiger charge is 2.10. The highest BCUT2D eigenvalue weighted by atomic mass is 16.5. The summed E-state index contributed by atoms with van der Waals surface area (Å²) in [4.78, 5) is 0. The van der Waals surface area contributed by atoms with Crippen molar-refractivity contribution in [2.24, 2.45) is 0 Å². The fraction of sp³-hybridized carbons (Fsp3) is 0.417. The van der Waals surface area contributed by atoms with Crippen LogP contribution in [0.1, 0.15) is 38.7 Å². The lowest BCUT2D eigenvalue weighted by molar-refractivity contribution is 0.221. The van der Waals surface area contributed by atoms with Gasteiger partial charge in [-0.3, -0.25) is 0 Å². The van der Waals surface area contributed by atoms with Crippen molar-refractivity contribution < 1.29 is 14.2 Å². The van der Waals surface area contributed by atoms with Crippen molar-refractivity contribution in [2.75, 3.05) is 13.2 Å². The molecule has 2 aromatic carbocycles. The van der Waals surface area contributed by atoms with Gasteiger partial charge in [-0.1, -0.05) is 30.3 Å². The maximum absolute atomic E-state index is 6.07. The average Bonchev–Trinajstić information content (AvgIpc) is 2.70. The minimum Gasteiger partial charge on any atom is -0.488 e. The van der Waals surface area contributed by atoms with E-state index in [9.17, 15) is 0 Å². The van der Waals surface area contributed by atoms with E-state index in [4.69, 9.17) is 14.2 Å². The molecule has 3 rings (SSSR count). The molecule has 1 aliphatic rings. The van der Waals surface area contributed by atoms with Crippen LogP contribution in [0, 0.1) is 0 Å². The highest BCUT2D eigenvalue weighted by Crippen LogP contribution is 2.27. The zero-order valence-electron chi connectivity index (χ0n) is 16.9. The lowest BCUT2D eigenvalue weighted by Gasteiger charge is -2.19. The van der Waals surface area contributed by atoms with Crippen LogP contribution in [0.15, 0.2) is 60.7 Å². The van der Waals surface area contributed by atoms with E-state index in [0.717, 1.165) is 36.8 Å². The molecular weight excluding hydrogens is 350 g/mol. The first kappa shape index (κ1) is 20.3. The summed E-state index contributed by atoms with van der Waals surface area (Å²) in [5, 5.41) is 3.43. The Kier molecular flexibility index (Phi) is 7.80. The predicted octanol–water partition coefficient (Wildman–Crippen LogP) is 5.13. The Labute approximate surface area is 168 Å². The van der Waals surface area contributed by atoms with Gasteiger partial charge in [0.25, 0.3) is 0 Å². The van der Waals surface area contributed by atoms with Crippen LogP contribution < -0.4 is 19.5 Å². The van der Waals surface area contributed by atoms with Crippen molar-refractivity contribution >= 4 is 0 Å². The second-order valence-electron chi connectivity index (χ2n) is 7.30. The zero-order valence-corrected chi connectivity index (χ0v) is 16.9. The Morgan fingerprint density at radius 1 is 1.07 bits per heavy atom. The van der Waals surface area contributed by atoms with Crippen molar-refractivity contribution in [1.29, 1.82) is 0 Å². The predicted molar refractivity (Wildman–Crippen MR) is 113 cm³/mol. The molecule has 4 nitrogen and oxygen atoms in total. The van der Waals surface area contributed by atoms with Crippen molar-refractivity contribution in [2.45, 2.75) is 51.9 Å². The number of allylic oxidation sites excluding steroid dienone is 1. The fourth-order valence-corrected chi connectivity index (χ4v) is 3.17. The highest BCUT2D eigenvalue weighted by molar-refractivity contribution is 5.39. The molecule has 1 atom stereocenters. The first-order valence-corrected chi connectivity index (χ1v) is 10.2. The molecule has 0 spiro atoms. The summed E-state index contributed by atoms with van der Waals surface area (Å²) in [6.45, 7) is 6.15. The summed E-state index contributed by atoms with van der Waals surface area (Å²) in [6, 6.07) is 16.1. The molecular formula is C24H31NO3. The van der Waals surface area contributed by atoms with E-state index in [1.54, 1.807) is 0 Å². The van der Waals surface area contributed by atoms with Gasteiger partial charge in [0.2, 0.25) is 0 Å². The standard InChI is InChI=1S/C24H31NO3/c1-19(2)27-24-14-7-6-13-23(24)26-16-15-25-18-20-9-8-12-22(17-20)28-21-10-4-3-5-11-21/h4,6-10,12-14,17,19,21,25H,3,5,11,15-16,18H2,1-2H3. The molecule has 1 N–H and O–H groups in total. The van der Waals surface area contributed by atoms with Crippen LogP contribution in [0.2, 0.25) is 0 Å². The van der Waals surface area contributed by atoms with Gasteiger partial charge >= 0.3 is 0 Å². The monoisotopic (exact) mass is 381 g/mol. The SMILES string of the molecule is CC(C)Oc1ccccc1OCCNCc1cccc(OC2C=CCCC2)c1. The first-order chi connectivity index (χ1) is 13.7. The molecule has 2 aromatic rings. The number of hydrogen-bond donors (Lipinski definition) is 1. The quantitative estimate of drug-likeness (QED) is 0.457. The van der Waals surface area contributed by atoms with Crippen LogP contribution in [0.4, 0.5) is 0 Å². The van der Waals surface area contributed by atoms with E-state index in [2.05, 4.69) is 35.7 Å². The third-order valence-corrected chi connectivity index (χ3v) is 4.47. The van der Waals surface area contributed by atoms with Crippen molar-refractivity contribution in [3.8, 4) is 17.2 Å². The normalized spacial score (nSPS) is 16.2. The van der Waals surface area contributed by atoms with Crippen LogP contribution in [-0.2, 0) is 6.54 Å². The van der Waals surface area contributed by atoms with Crippen LogP contribution in [-0.4, -0.2) is 25.4 Å². The van der Waals surface area contributed by atoms with E-state index >= 15 is 0 Å². The number of nitrogens with one attached hydrogen (secondary N) is 1. The maximum Gasteiger partial charge on any atom is 0.161 e. The van der Waals surface area contributed by atoms with Gasteiger partial charge in [0, 0.05) is 13.1 Å².